The minimum Gasteiger partial charge on any atom is -0.342 e. The molecular weight excluding hydrogens is 212 g/mol. The van der Waals surface area contributed by atoms with Crippen LogP contribution in [0.15, 0.2) is 0 Å². The van der Waals surface area contributed by atoms with Gasteiger partial charge in [-0.15, -0.1) is 0 Å². The van der Waals surface area contributed by atoms with Crippen molar-refractivity contribution in [3.63, 3.8) is 0 Å². The second-order valence-corrected chi connectivity index (χ2v) is 7.22. The number of nitrogens with two attached hydrogens (primary N) is 1. The van der Waals surface area contributed by atoms with Crippen molar-refractivity contribution in [2.45, 2.75) is 67.0 Å². The van der Waals surface area contributed by atoms with E-state index in [9.17, 15) is 4.79 Å². The average Bonchev–Trinajstić information content (AvgIpc) is 2.12. The van der Waals surface area contributed by atoms with Crippen LogP contribution in [0.1, 0.15) is 54.9 Å². The van der Waals surface area contributed by atoms with Crippen LogP contribution >= 0.6 is 0 Å². The molecule has 0 fully saturated rings. The number of hydrogen-bond acceptors (Lipinski definition) is 2. The molecule has 0 saturated heterocycles. The fraction of sp³-hybridized carbons (Fsp3) is 0.929. The molecule has 0 saturated carbocycles. The fourth-order valence-electron chi connectivity index (χ4n) is 1.44. The first kappa shape index (κ1) is 16.4. The quantitative estimate of drug-likeness (QED) is 0.827. The normalized spacial score (nSPS) is 16.5. The third-order valence-corrected chi connectivity index (χ3v) is 3.73. The number of amides is 1. The van der Waals surface area contributed by atoms with Crippen LogP contribution in [0, 0.1) is 10.8 Å². The van der Waals surface area contributed by atoms with Crippen LogP contribution in [-0.4, -0.2) is 29.9 Å². The van der Waals surface area contributed by atoms with Gasteiger partial charge in [0, 0.05) is 25.6 Å². The smallest absolute Gasteiger partial charge is 0.224 e. The van der Waals surface area contributed by atoms with Gasteiger partial charge in [-0.25, -0.2) is 0 Å². The Morgan fingerprint density at radius 2 is 1.53 bits per heavy atom. The summed E-state index contributed by atoms with van der Waals surface area (Å²) in [5.41, 5.74) is 6.12. The molecule has 0 bridgehead atoms. The van der Waals surface area contributed by atoms with Gasteiger partial charge in [-0.2, -0.15) is 0 Å². The van der Waals surface area contributed by atoms with Crippen LogP contribution in [-0.2, 0) is 4.79 Å². The van der Waals surface area contributed by atoms with Gasteiger partial charge < -0.3 is 10.6 Å². The van der Waals surface area contributed by atoms with Gasteiger partial charge in [-0.3, -0.25) is 4.79 Å². The Morgan fingerprint density at radius 1 is 1.12 bits per heavy atom. The highest BCUT2D eigenvalue weighted by atomic mass is 16.2. The van der Waals surface area contributed by atoms with E-state index in [4.69, 9.17) is 5.73 Å². The third-order valence-electron chi connectivity index (χ3n) is 3.73. The first-order valence-corrected chi connectivity index (χ1v) is 6.38. The van der Waals surface area contributed by atoms with E-state index in [-0.39, 0.29) is 28.8 Å². The maximum absolute atomic E-state index is 12.1. The number of carbonyl (C=O) groups excluding carboxylic acids is 1. The molecule has 0 heterocycles. The molecule has 0 aliphatic rings. The summed E-state index contributed by atoms with van der Waals surface area (Å²) in [7, 11) is 1.87. The van der Waals surface area contributed by atoms with Crippen LogP contribution < -0.4 is 5.73 Å². The van der Waals surface area contributed by atoms with Crippen LogP contribution in [0.2, 0.25) is 0 Å². The molecule has 3 heteroatoms. The number of rotatable bonds is 3. The highest BCUT2D eigenvalue weighted by Crippen LogP contribution is 2.25. The highest BCUT2D eigenvalue weighted by Gasteiger charge is 2.30. The van der Waals surface area contributed by atoms with Crippen molar-refractivity contribution in [3.8, 4) is 0 Å². The first-order chi connectivity index (χ1) is 7.37. The summed E-state index contributed by atoms with van der Waals surface area (Å²) >= 11 is 0. The molecule has 0 aliphatic heterocycles. The lowest BCUT2D eigenvalue weighted by Crippen LogP contribution is -2.46. The Balaban J connectivity index is 4.54. The molecule has 3 nitrogen and oxygen atoms in total. The van der Waals surface area contributed by atoms with Crippen LogP contribution in [0.4, 0.5) is 0 Å². The zero-order valence-corrected chi connectivity index (χ0v) is 12.8. The number of carbonyl (C=O) groups is 1. The van der Waals surface area contributed by atoms with Crippen molar-refractivity contribution in [2.75, 3.05) is 7.05 Å². The van der Waals surface area contributed by atoms with E-state index < -0.39 is 0 Å². The maximum Gasteiger partial charge on any atom is 0.224 e. The van der Waals surface area contributed by atoms with E-state index in [1.165, 1.54) is 0 Å². The summed E-state index contributed by atoms with van der Waals surface area (Å²) < 4.78 is 0. The predicted octanol–water partition coefficient (Wildman–Crippen LogP) is 2.64. The molecule has 0 aromatic rings. The molecule has 0 radical (unpaired) electrons. The fourth-order valence-corrected chi connectivity index (χ4v) is 1.44. The van der Waals surface area contributed by atoms with Gasteiger partial charge in [0.05, 0.1) is 0 Å². The van der Waals surface area contributed by atoms with Crippen molar-refractivity contribution >= 4 is 5.91 Å². The van der Waals surface area contributed by atoms with Crippen LogP contribution in [0.3, 0.4) is 0 Å². The minimum atomic E-state index is -0.0929. The predicted molar refractivity (Wildman–Crippen MR) is 73.7 cm³/mol. The maximum atomic E-state index is 12.1. The summed E-state index contributed by atoms with van der Waals surface area (Å²) in [6.07, 6.45) is 0.417. The van der Waals surface area contributed by atoms with Crippen molar-refractivity contribution in [1.29, 1.82) is 0 Å². The molecule has 0 spiro atoms. The lowest BCUT2D eigenvalue weighted by Gasteiger charge is -2.37. The Labute approximate surface area is 107 Å². The van der Waals surface area contributed by atoms with Gasteiger partial charge in [0.25, 0.3) is 0 Å². The molecule has 0 rings (SSSR count). The monoisotopic (exact) mass is 242 g/mol. The highest BCUT2D eigenvalue weighted by molar-refractivity contribution is 5.77. The van der Waals surface area contributed by atoms with Crippen molar-refractivity contribution in [1.82, 2.24) is 4.90 Å². The van der Waals surface area contributed by atoms with Gasteiger partial charge in [0.15, 0.2) is 0 Å². The van der Waals surface area contributed by atoms with E-state index in [1.807, 2.05) is 11.9 Å². The Hall–Kier alpha value is -0.570. The van der Waals surface area contributed by atoms with Gasteiger partial charge in [0.1, 0.15) is 0 Å². The van der Waals surface area contributed by atoms with Gasteiger partial charge in [-0.1, -0.05) is 41.5 Å². The van der Waals surface area contributed by atoms with Gasteiger partial charge in [0.2, 0.25) is 5.91 Å². The molecule has 2 unspecified atom stereocenters. The van der Waals surface area contributed by atoms with Gasteiger partial charge >= 0.3 is 0 Å². The molecule has 0 aliphatic carbocycles. The summed E-state index contributed by atoms with van der Waals surface area (Å²) in [5, 5.41) is 0. The van der Waals surface area contributed by atoms with E-state index >= 15 is 0 Å². The molecule has 102 valence electrons. The largest absolute Gasteiger partial charge is 0.342 e. The molecular formula is C14H30N2O. The molecule has 2 atom stereocenters. The Morgan fingerprint density at radius 3 is 1.82 bits per heavy atom. The van der Waals surface area contributed by atoms with Crippen LogP contribution in [0.25, 0.3) is 0 Å². The minimum absolute atomic E-state index is 0.0263. The molecule has 0 aromatic carbocycles. The standard InChI is InChI=1S/C14H30N2O/c1-10(13(2,3)4)16(8)12(17)9-11(15)14(5,6)7/h10-11H,9,15H2,1-8H3. The topological polar surface area (TPSA) is 46.3 Å². The van der Waals surface area contributed by atoms with Crippen LogP contribution in [0.5, 0.6) is 0 Å². The SMILES string of the molecule is CC(N(C)C(=O)CC(N)C(C)(C)C)C(C)(C)C. The van der Waals surface area contributed by atoms with Gasteiger partial charge in [-0.05, 0) is 17.8 Å². The third kappa shape index (κ3) is 5.07. The summed E-state index contributed by atoms with van der Waals surface area (Å²) in [5.74, 6) is 0.134. The number of hydrogen-bond donors (Lipinski definition) is 1. The van der Waals surface area contributed by atoms with E-state index in [0.29, 0.717) is 6.42 Å². The molecule has 17 heavy (non-hydrogen) atoms. The second kappa shape index (κ2) is 5.38. The Bertz CT molecular complexity index is 260. The Kier molecular flexibility index (Phi) is 5.20. The number of nitrogens with zero attached hydrogens (tertiary/aromatic N) is 1. The van der Waals surface area contributed by atoms with Crippen molar-refractivity contribution in [2.24, 2.45) is 16.6 Å². The molecule has 2 N–H and O–H groups in total. The summed E-state index contributed by atoms with van der Waals surface area (Å²) in [4.78, 5) is 14.0. The van der Waals surface area contributed by atoms with E-state index in [0.717, 1.165) is 0 Å². The van der Waals surface area contributed by atoms with Crippen molar-refractivity contribution in [3.05, 3.63) is 0 Å². The lowest BCUT2D eigenvalue weighted by atomic mass is 9.84. The lowest BCUT2D eigenvalue weighted by molar-refractivity contribution is -0.134. The zero-order valence-electron chi connectivity index (χ0n) is 12.8. The van der Waals surface area contributed by atoms with E-state index in [1.54, 1.807) is 0 Å². The molecule has 0 aromatic heterocycles. The average molecular weight is 242 g/mol. The first-order valence-electron chi connectivity index (χ1n) is 6.38. The summed E-state index contributed by atoms with van der Waals surface area (Å²) in [6.45, 7) is 14.7. The summed E-state index contributed by atoms with van der Waals surface area (Å²) in [6, 6.07) is 0.117. The van der Waals surface area contributed by atoms with Crippen molar-refractivity contribution < 1.29 is 4.79 Å². The second-order valence-electron chi connectivity index (χ2n) is 7.22. The molecule has 1 amide bonds. The van der Waals surface area contributed by atoms with E-state index in [2.05, 4.69) is 48.5 Å². The zero-order chi connectivity index (χ0) is 14.0.